The third-order valence-electron chi connectivity index (χ3n) is 4.62. The number of phenols is 1. The Morgan fingerprint density at radius 1 is 1.03 bits per heavy atom. The number of carbonyl (C=O) groups excluding carboxylic acids is 3. The first-order valence-electron chi connectivity index (χ1n) is 11.0. The van der Waals surface area contributed by atoms with Crippen LogP contribution in [0.5, 0.6) is 5.75 Å². The van der Waals surface area contributed by atoms with Gasteiger partial charge in [0.1, 0.15) is 23.9 Å². The molecule has 0 aromatic heterocycles. The van der Waals surface area contributed by atoms with E-state index >= 15 is 0 Å². The molecule has 0 spiro atoms. The normalized spacial score (nSPS) is 11.9. The summed E-state index contributed by atoms with van der Waals surface area (Å²) >= 11 is 0. The number of carbonyl (C=O) groups is 3. The standard InChI is InChI=1S/C25H33N3O5/c1-5-14-28(21(30)17-27-24(32)33-25(2,3)4)22(19-12-9-13-20(29)15-19)23(31)26-16-18-10-7-6-8-11-18/h6-13,15,22,29H,5,14,16-17H2,1-4H3,(H,26,31)(H,27,32). The van der Waals surface area contributed by atoms with E-state index in [-0.39, 0.29) is 24.7 Å². The van der Waals surface area contributed by atoms with Crippen LogP contribution < -0.4 is 10.6 Å². The molecule has 8 heteroatoms. The van der Waals surface area contributed by atoms with E-state index in [0.717, 1.165) is 5.56 Å². The highest BCUT2D eigenvalue weighted by molar-refractivity contribution is 5.90. The monoisotopic (exact) mass is 455 g/mol. The summed E-state index contributed by atoms with van der Waals surface area (Å²) in [6.07, 6.45) is -0.117. The molecule has 33 heavy (non-hydrogen) atoms. The topological polar surface area (TPSA) is 108 Å². The number of ether oxygens (including phenoxy) is 1. The van der Waals surface area contributed by atoms with E-state index in [1.54, 1.807) is 32.9 Å². The molecule has 8 nitrogen and oxygen atoms in total. The fourth-order valence-corrected chi connectivity index (χ4v) is 3.25. The first kappa shape index (κ1) is 25.7. The number of rotatable bonds is 9. The fraction of sp³-hybridized carbons (Fsp3) is 0.400. The van der Waals surface area contributed by atoms with E-state index in [1.165, 1.54) is 17.0 Å². The van der Waals surface area contributed by atoms with Crippen LogP contribution in [0.4, 0.5) is 4.79 Å². The predicted molar refractivity (Wildman–Crippen MR) is 125 cm³/mol. The minimum Gasteiger partial charge on any atom is -0.508 e. The average Bonchev–Trinajstić information content (AvgIpc) is 2.75. The van der Waals surface area contributed by atoms with Crippen LogP contribution in [0.1, 0.15) is 51.3 Å². The van der Waals surface area contributed by atoms with Crippen molar-refractivity contribution in [3.8, 4) is 5.75 Å². The number of phenolic OH excluding ortho intramolecular Hbond substituents is 1. The lowest BCUT2D eigenvalue weighted by Gasteiger charge is -2.31. The van der Waals surface area contributed by atoms with Gasteiger partial charge >= 0.3 is 6.09 Å². The first-order chi connectivity index (χ1) is 15.6. The van der Waals surface area contributed by atoms with Crippen LogP contribution in [0.2, 0.25) is 0 Å². The Morgan fingerprint density at radius 2 is 1.73 bits per heavy atom. The summed E-state index contributed by atoms with van der Waals surface area (Å²) in [6, 6.07) is 14.7. The van der Waals surface area contributed by atoms with Gasteiger partial charge in [0, 0.05) is 13.1 Å². The first-order valence-corrected chi connectivity index (χ1v) is 11.0. The molecule has 2 aromatic rings. The maximum Gasteiger partial charge on any atom is 0.408 e. The van der Waals surface area contributed by atoms with Crippen LogP contribution in [0, 0.1) is 0 Å². The van der Waals surface area contributed by atoms with Gasteiger partial charge in [0.05, 0.1) is 0 Å². The summed E-state index contributed by atoms with van der Waals surface area (Å²) in [7, 11) is 0. The zero-order valence-corrected chi connectivity index (χ0v) is 19.6. The van der Waals surface area contributed by atoms with E-state index in [2.05, 4.69) is 10.6 Å². The van der Waals surface area contributed by atoms with Crippen molar-refractivity contribution in [1.82, 2.24) is 15.5 Å². The minimum atomic E-state index is -0.978. The SMILES string of the molecule is CCCN(C(=O)CNC(=O)OC(C)(C)C)C(C(=O)NCc1ccccc1)c1cccc(O)c1. The number of aromatic hydroxyl groups is 1. The van der Waals surface area contributed by atoms with Gasteiger partial charge in [-0.15, -0.1) is 0 Å². The van der Waals surface area contributed by atoms with Crippen LogP contribution in [-0.4, -0.2) is 46.6 Å². The van der Waals surface area contributed by atoms with Gasteiger partial charge in [-0.05, 0) is 50.5 Å². The molecule has 1 atom stereocenters. The zero-order valence-electron chi connectivity index (χ0n) is 19.6. The van der Waals surface area contributed by atoms with Crippen LogP contribution >= 0.6 is 0 Å². The molecule has 0 aliphatic carbocycles. The number of benzene rings is 2. The van der Waals surface area contributed by atoms with Gasteiger partial charge in [-0.25, -0.2) is 4.79 Å². The maximum atomic E-state index is 13.3. The van der Waals surface area contributed by atoms with Crippen LogP contribution in [0.25, 0.3) is 0 Å². The molecule has 0 saturated heterocycles. The Bertz CT molecular complexity index is 941. The molecule has 2 aromatic carbocycles. The van der Waals surface area contributed by atoms with Gasteiger partial charge in [0.15, 0.2) is 0 Å². The van der Waals surface area contributed by atoms with E-state index in [1.807, 2.05) is 37.3 Å². The van der Waals surface area contributed by atoms with Gasteiger partial charge < -0.3 is 25.4 Å². The van der Waals surface area contributed by atoms with Crippen molar-refractivity contribution in [2.24, 2.45) is 0 Å². The Balaban J connectivity index is 2.23. The molecule has 1 unspecified atom stereocenters. The molecule has 0 aliphatic heterocycles. The van der Waals surface area contributed by atoms with Crippen molar-refractivity contribution in [2.45, 2.75) is 52.3 Å². The fourth-order valence-electron chi connectivity index (χ4n) is 3.25. The Morgan fingerprint density at radius 3 is 2.33 bits per heavy atom. The van der Waals surface area contributed by atoms with Gasteiger partial charge in [-0.3, -0.25) is 9.59 Å². The highest BCUT2D eigenvalue weighted by atomic mass is 16.6. The quantitative estimate of drug-likeness (QED) is 0.536. The molecule has 0 radical (unpaired) electrons. The molecule has 0 saturated carbocycles. The maximum absolute atomic E-state index is 13.3. The summed E-state index contributed by atoms with van der Waals surface area (Å²) in [5.41, 5.74) is 0.692. The largest absolute Gasteiger partial charge is 0.508 e. The number of alkyl carbamates (subject to hydrolysis) is 1. The number of hydrogen-bond donors (Lipinski definition) is 3. The van der Waals surface area contributed by atoms with Crippen molar-refractivity contribution in [2.75, 3.05) is 13.1 Å². The van der Waals surface area contributed by atoms with Crippen molar-refractivity contribution in [1.29, 1.82) is 0 Å². The summed E-state index contributed by atoms with van der Waals surface area (Å²) < 4.78 is 5.19. The van der Waals surface area contributed by atoms with Crippen molar-refractivity contribution >= 4 is 17.9 Å². The second kappa shape index (κ2) is 11.9. The molecule has 3 amide bonds. The highest BCUT2D eigenvalue weighted by Crippen LogP contribution is 2.25. The lowest BCUT2D eigenvalue weighted by atomic mass is 10.0. The number of hydrogen-bond acceptors (Lipinski definition) is 5. The minimum absolute atomic E-state index is 0.0101. The van der Waals surface area contributed by atoms with Gasteiger partial charge in [-0.2, -0.15) is 0 Å². The van der Waals surface area contributed by atoms with Crippen LogP contribution in [0.15, 0.2) is 54.6 Å². The third-order valence-corrected chi connectivity index (χ3v) is 4.62. The molecule has 3 N–H and O–H groups in total. The summed E-state index contributed by atoms with van der Waals surface area (Å²) in [5.74, 6) is -0.835. The summed E-state index contributed by atoms with van der Waals surface area (Å²) in [5, 5.41) is 15.3. The molecule has 2 rings (SSSR count). The van der Waals surface area contributed by atoms with Gasteiger partial charge in [0.2, 0.25) is 11.8 Å². The number of nitrogens with one attached hydrogen (secondary N) is 2. The lowest BCUT2D eigenvalue weighted by molar-refractivity contribution is -0.140. The lowest BCUT2D eigenvalue weighted by Crippen LogP contribution is -2.48. The van der Waals surface area contributed by atoms with E-state index in [4.69, 9.17) is 4.74 Å². The molecule has 0 heterocycles. The Hall–Kier alpha value is -3.55. The van der Waals surface area contributed by atoms with Crippen molar-refractivity contribution in [3.05, 3.63) is 65.7 Å². The molecule has 178 valence electrons. The van der Waals surface area contributed by atoms with Crippen LogP contribution in [-0.2, 0) is 20.9 Å². The van der Waals surface area contributed by atoms with Crippen molar-refractivity contribution < 1.29 is 24.2 Å². The predicted octanol–water partition coefficient (Wildman–Crippen LogP) is 3.51. The molecule has 0 fully saturated rings. The van der Waals surface area contributed by atoms with Gasteiger partial charge in [-0.1, -0.05) is 49.4 Å². The molecular weight excluding hydrogens is 422 g/mol. The van der Waals surface area contributed by atoms with E-state index in [9.17, 15) is 19.5 Å². The summed E-state index contributed by atoms with van der Waals surface area (Å²) in [4.78, 5) is 39.8. The number of nitrogens with zero attached hydrogens (tertiary/aromatic N) is 1. The zero-order chi connectivity index (χ0) is 24.4. The Kier molecular flexibility index (Phi) is 9.27. The molecule has 0 aliphatic rings. The Labute approximate surface area is 194 Å². The van der Waals surface area contributed by atoms with Gasteiger partial charge in [0.25, 0.3) is 0 Å². The highest BCUT2D eigenvalue weighted by Gasteiger charge is 2.31. The van der Waals surface area contributed by atoms with E-state index < -0.39 is 23.6 Å². The average molecular weight is 456 g/mol. The second-order valence-electron chi connectivity index (χ2n) is 8.64. The number of amides is 3. The third kappa shape index (κ3) is 8.48. The second-order valence-corrected chi connectivity index (χ2v) is 8.64. The smallest absolute Gasteiger partial charge is 0.408 e. The molecule has 0 bridgehead atoms. The van der Waals surface area contributed by atoms with E-state index in [0.29, 0.717) is 18.5 Å². The van der Waals surface area contributed by atoms with Crippen molar-refractivity contribution in [3.63, 3.8) is 0 Å². The molecular formula is C25H33N3O5. The van der Waals surface area contributed by atoms with Crippen LogP contribution in [0.3, 0.4) is 0 Å². The summed E-state index contributed by atoms with van der Waals surface area (Å²) in [6.45, 7) is 7.33.